The van der Waals surface area contributed by atoms with E-state index in [1.54, 1.807) is 0 Å². The predicted octanol–water partition coefficient (Wildman–Crippen LogP) is 0.666. The maximum atomic E-state index is 11.9. The number of esters is 2. The van der Waals surface area contributed by atoms with Gasteiger partial charge in [-0.2, -0.15) is 0 Å². The van der Waals surface area contributed by atoms with Gasteiger partial charge in [-0.15, -0.1) is 0 Å². The minimum Gasteiger partial charge on any atom is -0.473 e. The van der Waals surface area contributed by atoms with Crippen LogP contribution in [0.25, 0.3) is 11.0 Å². The first kappa shape index (κ1) is 20.2. The second-order valence-electron chi connectivity index (χ2n) is 6.20. The second-order valence-corrected chi connectivity index (χ2v) is 6.20. The van der Waals surface area contributed by atoms with Gasteiger partial charge in [0.1, 0.15) is 24.3 Å². The summed E-state index contributed by atoms with van der Waals surface area (Å²) in [6, 6.07) is 0.713. The summed E-state index contributed by atoms with van der Waals surface area (Å²) in [5.74, 6) is -2.29. The minimum absolute atomic E-state index is 0.00246. The van der Waals surface area contributed by atoms with E-state index < -0.39 is 24.1 Å². The van der Waals surface area contributed by atoms with Gasteiger partial charge in [0, 0.05) is 12.6 Å². The van der Waals surface area contributed by atoms with Crippen molar-refractivity contribution in [1.29, 1.82) is 0 Å². The van der Waals surface area contributed by atoms with Crippen LogP contribution in [0.2, 0.25) is 0 Å². The van der Waals surface area contributed by atoms with Crippen LogP contribution >= 0.6 is 0 Å². The molecule has 1 aliphatic rings. The maximum absolute atomic E-state index is 11.9. The molecule has 1 aromatic carbocycles. The topological polar surface area (TPSA) is 178 Å². The summed E-state index contributed by atoms with van der Waals surface area (Å²) in [4.78, 5) is 34.4. The van der Waals surface area contributed by atoms with Crippen LogP contribution in [0.5, 0.6) is 17.4 Å². The van der Waals surface area contributed by atoms with E-state index in [4.69, 9.17) is 30.2 Å². The van der Waals surface area contributed by atoms with Crippen LogP contribution in [0.15, 0.2) is 10.6 Å². The van der Waals surface area contributed by atoms with Crippen molar-refractivity contribution in [2.45, 2.75) is 25.8 Å². The van der Waals surface area contributed by atoms with Gasteiger partial charge in [-0.1, -0.05) is 13.3 Å². The second kappa shape index (κ2) is 8.65. The van der Waals surface area contributed by atoms with Gasteiger partial charge < -0.3 is 40.3 Å². The molecule has 2 bridgehead atoms. The molecule has 29 heavy (non-hydrogen) atoms. The Kier molecular flexibility index (Phi) is 6.02. The molecule has 1 amide bonds. The number of amides is 1. The summed E-state index contributed by atoms with van der Waals surface area (Å²) in [5, 5.41) is 7.13. The normalized spacial score (nSPS) is 14.0. The van der Waals surface area contributed by atoms with Gasteiger partial charge in [-0.3, -0.25) is 0 Å². The van der Waals surface area contributed by atoms with Crippen LogP contribution in [-0.4, -0.2) is 49.0 Å². The SMILES string of the molecule is CCCCNc1c2cc3onc(OCC(N)COC(N)=O)c3c1OC(=O)C(=O)O2. The van der Waals surface area contributed by atoms with Crippen LogP contribution < -0.4 is 31.0 Å². The highest BCUT2D eigenvalue weighted by molar-refractivity contribution is 6.32. The Morgan fingerprint density at radius 2 is 2.03 bits per heavy atom. The Hall–Kier alpha value is -3.54. The van der Waals surface area contributed by atoms with Crippen molar-refractivity contribution in [2.75, 3.05) is 25.1 Å². The lowest BCUT2D eigenvalue weighted by atomic mass is 10.2. The molecule has 1 aromatic heterocycles. The standard InChI is InChI=1S/C17H20N4O8/c1-2-3-4-20-12-10-5-9-11(13(12)28-16(23)15(22)27-10)14(21-29-9)25-6-8(18)7-26-17(19)24/h5,8,20H,2-4,6-7,18H2,1H3,(H2,19,24). The fraction of sp³-hybridized carbons (Fsp3) is 0.412. The van der Waals surface area contributed by atoms with Crippen molar-refractivity contribution in [3.8, 4) is 17.4 Å². The predicted molar refractivity (Wildman–Crippen MR) is 97.7 cm³/mol. The van der Waals surface area contributed by atoms with Gasteiger partial charge in [-0.25, -0.2) is 14.4 Å². The van der Waals surface area contributed by atoms with E-state index in [1.165, 1.54) is 6.07 Å². The smallest absolute Gasteiger partial charge is 0.423 e. The van der Waals surface area contributed by atoms with Gasteiger partial charge in [0.25, 0.3) is 5.88 Å². The summed E-state index contributed by atoms with van der Waals surface area (Å²) in [6.45, 7) is 2.30. The van der Waals surface area contributed by atoms with Gasteiger partial charge in [0.05, 0.1) is 6.04 Å². The number of rotatable bonds is 9. The van der Waals surface area contributed by atoms with Crippen LogP contribution in [0, 0.1) is 0 Å². The first-order valence-corrected chi connectivity index (χ1v) is 8.85. The molecule has 5 N–H and O–H groups in total. The van der Waals surface area contributed by atoms with Gasteiger partial charge in [0.15, 0.2) is 17.1 Å². The molecule has 0 saturated heterocycles. The Labute approximate surface area is 164 Å². The average Bonchev–Trinajstić information content (AvgIpc) is 3.05. The number of benzene rings is 1. The fourth-order valence-electron chi connectivity index (χ4n) is 2.56. The molecule has 1 unspecified atom stereocenters. The number of unbranched alkanes of at least 4 members (excludes halogenated alkanes) is 1. The quantitative estimate of drug-likeness (QED) is 0.230. The number of aromatic nitrogens is 1. The first-order chi connectivity index (χ1) is 13.9. The minimum atomic E-state index is -1.19. The zero-order chi connectivity index (χ0) is 21.0. The molecule has 12 heteroatoms. The molecule has 0 saturated carbocycles. The summed E-state index contributed by atoms with van der Waals surface area (Å²) < 4.78 is 25.6. The highest BCUT2D eigenvalue weighted by Crippen LogP contribution is 2.46. The largest absolute Gasteiger partial charge is 0.473 e. The lowest BCUT2D eigenvalue weighted by Crippen LogP contribution is -2.34. The van der Waals surface area contributed by atoms with Crippen LogP contribution in [-0.2, 0) is 14.3 Å². The molecular formula is C17H20N4O8. The van der Waals surface area contributed by atoms with E-state index in [-0.39, 0.29) is 41.6 Å². The van der Waals surface area contributed by atoms with E-state index >= 15 is 0 Å². The van der Waals surface area contributed by atoms with Crippen molar-refractivity contribution in [3.63, 3.8) is 0 Å². The number of primary amides is 1. The Balaban J connectivity index is 1.92. The number of hydrogen-bond acceptors (Lipinski definition) is 11. The first-order valence-electron chi connectivity index (χ1n) is 8.85. The van der Waals surface area contributed by atoms with Crippen LogP contribution in [0.4, 0.5) is 10.5 Å². The van der Waals surface area contributed by atoms with Gasteiger partial charge in [0.2, 0.25) is 0 Å². The number of carbonyl (C=O) groups excluding carboxylic acids is 3. The van der Waals surface area contributed by atoms with Crippen LogP contribution in [0.1, 0.15) is 19.8 Å². The number of ether oxygens (including phenoxy) is 4. The zero-order valence-corrected chi connectivity index (χ0v) is 15.6. The number of anilines is 1. The summed E-state index contributed by atoms with van der Waals surface area (Å²) in [6.07, 6.45) is 0.798. The van der Waals surface area contributed by atoms with Crippen LogP contribution in [0.3, 0.4) is 0 Å². The molecule has 3 rings (SSSR count). The Bertz CT molecular complexity index is 941. The molecule has 12 nitrogen and oxygen atoms in total. The molecule has 2 heterocycles. The molecule has 2 aromatic rings. The van der Waals surface area contributed by atoms with Crippen molar-refractivity contribution in [3.05, 3.63) is 6.07 Å². The lowest BCUT2D eigenvalue weighted by Gasteiger charge is -2.13. The number of hydrogen-bond donors (Lipinski definition) is 3. The molecule has 0 aliphatic carbocycles. The van der Waals surface area contributed by atoms with Gasteiger partial charge in [-0.05, 0) is 11.6 Å². The number of nitrogens with two attached hydrogens (primary N) is 2. The molecule has 1 aliphatic heterocycles. The number of fused-ring (bicyclic) bond motifs is 4. The molecule has 0 radical (unpaired) electrons. The van der Waals surface area contributed by atoms with E-state index in [9.17, 15) is 14.4 Å². The average molecular weight is 408 g/mol. The van der Waals surface area contributed by atoms with E-state index in [0.717, 1.165) is 12.8 Å². The third kappa shape index (κ3) is 4.48. The lowest BCUT2D eigenvalue weighted by molar-refractivity contribution is -0.155. The maximum Gasteiger partial charge on any atom is 0.423 e. The van der Waals surface area contributed by atoms with E-state index in [2.05, 4.69) is 15.2 Å². The summed E-state index contributed by atoms with van der Waals surface area (Å²) >= 11 is 0. The van der Waals surface area contributed by atoms with Crippen molar-refractivity contribution in [1.82, 2.24) is 5.16 Å². The highest BCUT2D eigenvalue weighted by Gasteiger charge is 2.33. The summed E-state index contributed by atoms with van der Waals surface area (Å²) in [5.41, 5.74) is 11.2. The molecular weight excluding hydrogens is 388 g/mol. The third-order valence-electron chi connectivity index (χ3n) is 3.92. The van der Waals surface area contributed by atoms with Crippen molar-refractivity contribution < 1.29 is 37.9 Å². The molecule has 0 fully saturated rings. The van der Waals surface area contributed by atoms with Crippen molar-refractivity contribution >= 4 is 34.7 Å². The third-order valence-corrected chi connectivity index (χ3v) is 3.92. The Morgan fingerprint density at radius 1 is 1.28 bits per heavy atom. The zero-order valence-electron chi connectivity index (χ0n) is 15.6. The van der Waals surface area contributed by atoms with E-state index in [1.807, 2.05) is 6.92 Å². The number of nitrogens with one attached hydrogen (secondary N) is 1. The van der Waals surface area contributed by atoms with Gasteiger partial charge >= 0.3 is 18.0 Å². The summed E-state index contributed by atoms with van der Waals surface area (Å²) in [7, 11) is 0. The number of carbonyl (C=O) groups is 3. The highest BCUT2D eigenvalue weighted by atomic mass is 16.6. The fourth-order valence-corrected chi connectivity index (χ4v) is 2.56. The van der Waals surface area contributed by atoms with E-state index in [0.29, 0.717) is 12.2 Å². The van der Waals surface area contributed by atoms with Crippen molar-refractivity contribution in [2.24, 2.45) is 11.5 Å². The number of nitrogens with zero attached hydrogens (tertiary/aromatic N) is 1. The monoisotopic (exact) mass is 408 g/mol. The molecule has 156 valence electrons. The molecule has 1 atom stereocenters. The molecule has 0 spiro atoms. The Morgan fingerprint density at radius 3 is 2.76 bits per heavy atom.